The molecular formula is C9H11BrFNO2. The second-order valence-corrected chi connectivity index (χ2v) is 2.89. The first-order valence-electron chi connectivity index (χ1n) is 3.76. The average Bonchev–Trinajstić information content (AvgIpc) is 2.19. The van der Waals surface area contributed by atoms with Crippen molar-refractivity contribution in [2.45, 2.75) is 5.33 Å². The quantitative estimate of drug-likeness (QED) is 0.467. The summed E-state index contributed by atoms with van der Waals surface area (Å²) in [5.41, 5.74) is 0.850. The molecule has 0 fully saturated rings. The topological polar surface area (TPSA) is 39.2 Å². The number of carbonyl (C=O) groups is 1. The van der Waals surface area contributed by atoms with Gasteiger partial charge in [0.1, 0.15) is 0 Å². The summed E-state index contributed by atoms with van der Waals surface area (Å²) in [6.07, 6.45) is 0.656. The first-order chi connectivity index (χ1) is 6.69. The van der Waals surface area contributed by atoms with E-state index < -0.39 is 5.95 Å². The van der Waals surface area contributed by atoms with E-state index in [1.165, 1.54) is 6.07 Å². The Labute approximate surface area is 90.4 Å². The monoisotopic (exact) mass is 263 g/mol. The Balaban J connectivity index is 0.000000500. The standard InChI is InChI=1S/C7H5BrFNO.C2H6O/c8-3-6-5(4-11)1-2-7(9)10-6;1-3-2/h1-2,4H,3H2;1-2H3. The van der Waals surface area contributed by atoms with Crippen molar-refractivity contribution in [2.75, 3.05) is 14.2 Å². The van der Waals surface area contributed by atoms with Crippen LogP contribution in [0.5, 0.6) is 0 Å². The predicted molar refractivity (Wildman–Crippen MR) is 55.1 cm³/mol. The highest BCUT2D eigenvalue weighted by molar-refractivity contribution is 9.08. The van der Waals surface area contributed by atoms with E-state index >= 15 is 0 Å². The Morgan fingerprint density at radius 2 is 2.14 bits per heavy atom. The number of alkyl halides is 1. The van der Waals surface area contributed by atoms with Crippen LogP contribution in [0.15, 0.2) is 12.1 Å². The maximum Gasteiger partial charge on any atom is 0.213 e. The lowest BCUT2D eigenvalue weighted by Gasteiger charge is -1.97. The van der Waals surface area contributed by atoms with Gasteiger partial charge in [0.2, 0.25) is 5.95 Å². The zero-order chi connectivity index (χ0) is 11.0. The lowest BCUT2D eigenvalue weighted by Crippen LogP contribution is -1.95. The van der Waals surface area contributed by atoms with Crippen molar-refractivity contribution in [1.82, 2.24) is 4.98 Å². The summed E-state index contributed by atoms with van der Waals surface area (Å²) in [5, 5.41) is 0.388. The molecule has 0 saturated carbocycles. The largest absolute Gasteiger partial charge is 0.388 e. The van der Waals surface area contributed by atoms with Crippen molar-refractivity contribution in [3.05, 3.63) is 29.3 Å². The molecule has 78 valence electrons. The van der Waals surface area contributed by atoms with Crippen LogP contribution in [0.4, 0.5) is 4.39 Å². The van der Waals surface area contributed by atoms with Crippen LogP contribution < -0.4 is 0 Å². The van der Waals surface area contributed by atoms with Gasteiger partial charge in [0.05, 0.1) is 5.69 Å². The lowest BCUT2D eigenvalue weighted by atomic mass is 10.2. The summed E-state index contributed by atoms with van der Waals surface area (Å²) in [4.78, 5) is 13.8. The number of carbonyl (C=O) groups excluding carboxylic acids is 1. The normalized spacial score (nSPS) is 8.86. The third kappa shape index (κ3) is 4.43. The van der Waals surface area contributed by atoms with Crippen LogP contribution in [0.25, 0.3) is 0 Å². The Morgan fingerprint density at radius 1 is 1.57 bits per heavy atom. The van der Waals surface area contributed by atoms with Gasteiger partial charge in [-0.15, -0.1) is 0 Å². The third-order valence-electron chi connectivity index (χ3n) is 1.23. The zero-order valence-corrected chi connectivity index (χ0v) is 9.54. The molecule has 0 atom stereocenters. The summed E-state index contributed by atoms with van der Waals surface area (Å²) in [5.74, 6) is -0.565. The molecule has 0 saturated heterocycles. The van der Waals surface area contributed by atoms with Gasteiger partial charge < -0.3 is 4.74 Å². The number of aldehydes is 1. The molecule has 1 heterocycles. The summed E-state index contributed by atoms with van der Waals surface area (Å²) >= 11 is 3.10. The van der Waals surface area contributed by atoms with Crippen molar-refractivity contribution in [3.63, 3.8) is 0 Å². The van der Waals surface area contributed by atoms with Crippen LogP contribution in [0.3, 0.4) is 0 Å². The molecule has 1 aromatic rings. The molecule has 0 aliphatic carbocycles. The van der Waals surface area contributed by atoms with Gasteiger partial charge >= 0.3 is 0 Å². The number of rotatable bonds is 2. The summed E-state index contributed by atoms with van der Waals surface area (Å²) in [6.45, 7) is 0. The second kappa shape index (κ2) is 7.58. The van der Waals surface area contributed by atoms with Gasteiger partial charge in [-0.25, -0.2) is 4.98 Å². The Hall–Kier alpha value is -0.810. The molecule has 0 unspecified atom stereocenters. The van der Waals surface area contributed by atoms with Crippen molar-refractivity contribution in [2.24, 2.45) is 0 Å². The van der Waals surface area contributed by atoms with Crippen molar-refractivity contribution >= 4 is 22.2 Å². The van der Waals surface area contributed by atoms with Crippen molar-refractivity contribution in [1.29, 1.82) is 0 Å². The molecule has 0 spiro atoms. The molecule has 0 aliphatic rings. The first-order valence-corrected chi connectivity index (χ1v) is 4.88. The average molecular weight is 264 g/mol. The molecule has 0 radical (unpaired) electrons. The van der Waals surface area contributed by atoms with Gasteiger partial charge in [-0.05, 0) is 12.1 Å². The number of halogens is 2. The molecule has 3 nitrogen and oxygen atoms in total. The summed E-state index contributed by atoms with van der Waals surface area (Å²) < 4.78 is 16.7. The predicted octanol–water partition coefficient (Wildman–Crippen LogP) is 2.19. The minimum absolute atomic E-state index is 0.388. The molecule has 14 heavy (non-hydrogen) atoms. The number of hydrogen-bond acceptors (Lipinski definition) is 3. The minimum atomic E-state index is -0.565. The van der Waals surface area contributed by atoms with Crippen molar-refractivity contribution in [3.8, 4) is 0 Å². The fourth-order valence-electron chi connectivity index (χ4n) is 0.700. The van der Waals surface area contributed by atoms with Crippen LogP contribution >= 0.6 is 15.9 Å². The molecule has 0 aliphatic heterocycles. The van der Waals surface area contributed by atoms with Gasteiger partial charge in [-0.3, -0.25) is 4.79 Å². The SMILES string of the molecule is COC.O=Cc1ccc(F)nc1CBr. The van der Waals surface area contributed by atoms with Gasteiger partial charge in [0.25, 0.3) is 0 Å². The minimum Gasteiger partial charge on any atom is -0.388 e. The maximum absolute atomic E-state index is 12.4. The third-order valence-corrected chi connectivity index (χ3v) is 1.76. The second-order valence-electron chi connectivity index (χ2n) is 2.33. The van der Waals surface area contributed by atoms with E-state index in [-0.39, 0.29) is 0 Å². The number of pyridine rings is 1. The van der Waals surface area contributed by atoms with E-state index in [2.05, 4.69) is 25.7 Å². The Bertz CT molecular complexity index is 294. The van der Waals surface area contributed by atoms with Crippen LogP contribution in [0, 0.1) is 5.95 Å². The lowest BCUT2D eigenvalue weighted by molar-refractivity contribution is 0.112. The van der Waals surface area contributed by atoms with Crippen LogP contribution in [-0.4, -0.2) is 25.5 Å². The number of aromatic nitrogens is 1. The number of ether oxygens (including phenoxy) is 1. The van der Waals surface area contributed by atoms with E-state index in [4.69, 9.17) is 0 Å². The maximum atomic E-state index is 12.4. The molecular weight excluding hydrogens is 253 g/mol. The number of methoxy groups -OCH3 is 1. The highest BCUT2D eigenvalue weighted by Gasteiger charge is 2.02. The highest BCUT2D eigenvalue weighted by Crippen LogP contribution is 2.08. The molecule has 0 bridgehead atoms. The molecule has 0 amide bonds. The number of hydrogen-bond donors (Lipinski definition) is 0. The smallest absolute Gasteiger partial charge is 0.213 e. The van der Waals surface area contributed by atoms with E-state index in [1.54, 1.807) is 14.2 Å². The van der Waals surface area contributed by atoms with Gasteiger partial charge in [-0.1, -0.05) is 15.9 Å². The molecule has 5 heteroatoms. The van der Waals surface area contributed by atoms with E-state index in [9.17, 15) is 9.18 Å². The summed E-state index contributed by atoms with van der Waals surface area (Å²) in [6, 6.07) is 2.57. The van der Waals surface area contributed by atoms with Gasteiger partial charge in [-0.2, -0.15) is 4.39 Å². The highest BCUT2D eigenvalue weighted by atomic mass is 79.9. The first kappa shape index (κ1) is 13.2. The van der Waals surface area contributed by atoms with E-state index in [0.717, 1.165) is 6.07 Å². The van der Waals surface area contributed by atoms with Crippen molar-refractivity contribution < 1.29 is 13.9 Å². The zero-order valence-electron chi connectivity index (χ0n) is 7.96. The van der Waals surface area contributed by atoms with Gasteiger partial charge in [0.15, 0.2) is 6.29 Å². The van der Waals surface area contributed by atoms with Crippen LogP contribution in [-0.2, 0) is 10.1 Å². The Morgan fingerprint density at radius 3 is 2.57 bits per heavy atom. The number of nitrogens with zero attached hydrogens (tertiary/aromatic N) is 1. The fraction of sp³-hybridized carbons (Fsp3) is 0.333. The van der Waals surface area contributed by atoms with E-state index in [0.29, 0.717) is 22.9 Å². The molecule has 0 aromatic carbocycles. The Kier molecular flexibility index (Phi) is 7.14. The molecule has 0 N–H and O–H groups in total. The molecule has 1 rings (SSSR count). The molecule has 1 aromatic heterocycles. The van der Waals surface area contributed by atoms with Gasteiger partial charge in [0, 0.05) is 25.1 Å². The van der Waals surface area contributed by atoms with Crippen LogP contribution in [0.2, 0.25) is 0 Å². The van der Waals surface area contributed by atoms with Crippen LogP contribution in [0.1, 0.15) is 16.1 Å². The fourth-order valence-corrected chi connectivity index (χ4v) is 1.15. The summed E-state index contributed by atoms with van der Waals surface area (Å²) in [7, 11) is 3.25. The van der Waals surface area contributed by atoms with E-state index in [1.807, 2.05) is 0 Å².